The van der Waals surface area contributed by atoms with Crippen LogP contribution in [0.5, 0.6) is 0 Å². The summed E-state index contributed by atoms with van der Waals surface area (Å²) < 4.78 is 14.8. The van der Waals surface area contributed by atoms with Gasteiger partial charge < -0.3 is 10.2 Å². The summed E-state index contributed by atoms with van der Waals surface area (Å²) >= 11 is 4.76. The van der Waals surface area contributed by atoms with E-state index in [1.165, 1.54) is 17.8 Å². The minimum Gasteiger partial charge on any atom is -0.354 e. The van der Waals surface area contributed by atoms with Gasteiger partial charge in [-0.15, -0.1) is 11.8 Å². The van der Waals surface area contributed by atoms with Crippen molar-refractivity contribution in [2.75, 3.05) is 12.3 Å². The van der Waals surface area contributed by atoms with E-state index in [-0.39, 0.29) is 23.4 Å². The van der Waals surface area contributed by atoms with Crippen LogP contribution in [0.25, 0.3) is 0 Å². The summed E-state index contributed by atoms with van der Waals surface area (Å²) in [7, 11) is 0. The maximum atomic E-state index is 13.8. The second kappa shape index (κ2) is 12.1. The maximum Gasteiger partial charge on any atom is 0.242 e. The minimum absolute atomic E-state index is 0.147. The van der Waals surface area contributed by atoms with Crippen molar-refractivity contribution in [2.24, 2.45) is 5.92 Å². The molecule has 0 saturated carbocycles. The quantitative estimate of drug-likeness (QED) is 0.504. The lowest BCUT2D eigenvalue weighted by Crippen LogP contribution is -2.48. The highest BCUT2D eigenvalue weighted by molar-refractivity contribution is 9.10. The van der Waals surface area contributed by atoms with Crippen molar-refractivity contribution in [2.45, 2.75) is 39.1 Å². The molecule has 0 spiro atoms. The monoisotopic (exact) mass is 494 g/mol. The zero-order chi connectivity index (χ0) is 22.1. The fourth-order valence-electron chi connectivity index (χ4n) is 2.77. The summed E-state index contributed by atoms with van der Waals surface area (Å²) in [4.78, 5) is 27.2. The summed E-state index contributed by atoms with van der Waals surface area (Å²) in [5.41, 5.74) is 1.51. The predicted octanol–water partition coefficient (Wildman–Crippen LogP) is 5.01. The Hall–Kier alpha value is -1.86. The van der Waals surface area contributed by atoms with Gasteiger partial charge in [0.15, 0.2) is 0 Å². The normalized spacial score (nSPS) is 11.9. The number of nitrogens with one attached hydrogen (secondary N) is 1. The lowest BCUT2D eigenvalue weighted by atomic mass is 10.1. The van der Waals surface area contributed by atoms with Gasteiger partial charge in [0.05, 0.1) is 5.75 Å². The van der Waals surface area contributed by atoms with E-state index < -0.39 is 6.04 Å². The summed E-state index contributed by atoms with van der Waals surface area (Å²) in [6, 6.07) is 13.6. The molecular formula is C23H28BrFN2O2S. The SMILES string of the molecule is CC(C)CNC(=O)C(C)N(Cc1ccc(Br)cc1)C(=O)CSCc1ccccc1F. The van der Waals surface area contributed by atoms with Gasteiger partial charge in [0.1, 0.15) is 11.9 Å². The summed E-state index contributed by atoms with van der Waals surface area (Å²) in [5, 5.41) is 2.90. The first-order valence-corrected chi connectivity index (χ1v) is 11.9. The number of nitrogens with zero attached hydrogens (tertiary/aromatic N) is 1. The Morgan fingerprint density at radius 3 is 2.40 bits per heavy atom. The van der Waals surface area contributed by atoms with Crippen LogP contribution in [0.3, 0.4) is 0 Å². The number of carbonyl (C=O) groups is 2. The molecule has 0 bridgehead atoms. The van der Waals surface area contributed by atoms with Gasteiger partial charge >= 0.3 is 0 Å². The van der Waals surface area contributed by atoms with Crippen molar-refractivity contribution >= 4 is 39.5 Å². The van der Waals surface area contributed by atoms with E-state index in [1.54, 1.807) is 30.0 Å². The molecular weight excluding hydrogens is 467 g/mol. The molecule has 2 aromatic carbocycles. The largest absolute Gasteiger partial charge is 0.354 e. The molecule has 0 aromatic heterocycles. The van der Waals surface area contributed by atoms with Gasteiger partial charge in [-0.1, -0.05) is 60.1 Å². The number of benzene rings is 2. The zero-order valence-corrected chi connectivity index (χ0v) is 19.9. The van der Waals surface area contributed by atoms with E-state index in [4.69, 9.17) is 0 Å². The maximum absolute atomic E-state index is 13.8. The average Bonchev–Trinajstić information content (AvgIpc) is 2.72. The van der Waals surface area contributed by atoms with Gasteiger partial charge in [-0.2, -0.15) is 0 Å². The first-order chi connectivity index (χ1) is 14.3. The summed E-state index contributed by atoms with van der Waals surface area (Å²) in [6.07, 6.45) is 0. The van der Waals surface area contributed by atoms with Gasteiger partial charge in [-0.05, 0) is 42.2 Å². The second-order valence-electron chi connectivity index (χ2n) is 7.55. The van der Waals surface area contributed by atoms with E-state index in [2.05, 4.69) is 21.2 Å². The molecule has 0 radical (unpaired) electrons. The fraction of sp³-hybridized carbons (Fsp3) is 0.391. The first kappa shape index (κ1) is 24.4. The molecule has 0 fully saturated rings. The molecule has 4 nitrogen and oxygen atoms in total. The van der Waals surface area contributed by atoms with Crippen molar-refractivity contribution < 1.29 is 14.0 Å². The van der Waals surface area contributed by atoms with Gasteiger partial charge in [-0.25, -0.2) is 4.39 Å². The number of hydrogen-bond donors (Lipinski definition) is 1. The van der Waals surface area contributed by atoms with Crippen LogP contribution in [0.15, 0.2) is 53.0 Å². The van der Waals surface area contributed by atoms with Crippen LogP contribution in [0.2, 0.25) is 0 Å². The van der Waals surface area contributed by atoms with Crippen molar-refractivity contribution in [3.8, 4) is 0 Å². The molecule has 0 aliphatic rings. The molecule has 2 amide bonds. The zero-order valence-electron chi connectivity index (χ0n) is 17.5. The van der Waals surface area contributed by atoms with Crippen LogP contribution < -0.4 is 5.32 Å². The predicted molar refractivity (Wildman–Crippen MR) is 125 cm³/mol. The third kappa shape index (κ3) is 7.76. The standard InChI is InChI=1S/C23H28BrFN2O2S/c1-16(2)12-26-23(29)17(3)27(13-18-8-10-20(24)11-9-18)22(28)15-30-14-19-6-4-5-7-21(19)25/h4-11,16-17H,12-15H2,1-3H3,(H,26,29). The molecule has 162 valence electrons. The second-order valence-corrected chi connectivity index (χ2v) is 9.45. The fourth-order valence-corrected chi connectivity index (χ4v) is 3.93. The average molecular weight is 495 g/mol. The highest BCUT2D eigenvalue weighted by Crippen LogP contribution is 2.18. The van der Waals surface area contributed by atoms with Crippen LogP contribution in [0.1, 0.15) is 31.9 Å². The first-order valence-electron chi connectivity index (χ1n) is 9.90. The number of amides is 2. The van der Waals surface area contributed by atoms with Crippen LogP contribution >= 0.6 is 27.7 Å². The molecule has 1 unspecified atom stereocenters. The highest BCUT2D eigenvalue weighted by Gasteiger charge is 2.26. The Balaban J connectivity index is 2.06. The lowest BCUT2D eigenvalue weighted by molar-refractivity contribution is -0.138. The van der Waals surface area contributed by atoms with Crippen molar-refractivity contribution in [1.82, 2.24) is 10.2 Å². The van der Waals surface area contributed by atoms with E-state index in [0.29, 0.717) is 30.3 Å². The van der Waals surface area contributed by atoms with Crippen molar-refractivity contribution in [3.05, 3.63) is 69.9 Å². The molecule has 2 rings (SSSR count). The Labute approximate surface area is 190 Å². The number of carbonyl (C=O) groups excluding carboxylic acids is 2. The van der Waals surface area contributed by atoms with Crippen LogP contribution in [0, 0.1) is 11.7 Å². The molecule has 0 heterocycles. The Morgan fingerprint density at radius 2 is 1.77 bits per heavy atom. The molecule has 30 heavy (non-hydrogen) atoms. The van der Waals surface area contributed by atoms with E-state index >= 15 is 0 Å². The van der Waals surface area contributed by atoms with Crippen molar-refractivity contribution in [3.63, 3.8) is 0 Å². The molecule has 1 N–H and O–H groups in total. The molecule has 7 heteroatoms. The minimum atomic E-state index is -0.603. The van der Waals surface area contributed by atoms with E-state index in [1.807, 2.05) is 38.1 Å². The molecule has 0 aliphatic carbocycles. The third-order valence-corrected chi connectivity index (χ3v) is 6.05. The van der Waals surface area contributed by atoms with Gasteiger partial charge in [0.25, 0.3) is 0 Å². The Bertz CT molecular complexity index is 845. The topological polar surface area (TPSA) is 49.4 Å². The van der Waals surface area contributed by atoms with Gasteiger partial charge in [0, 0.05) is 23.3 Å². The van der Waals surface area contributed by atoms with Gasteiger partial charge in [-0.3, -0.25) is 9.59 Å². The number of thioether (sulfide) groups is 1. The molecule has 0 saturated heterocycles. The van der Waals surface area contributed by atoms with Crippen molar-refractivity contribution in [1.29, 1.82) is 0 Å². The lowest BCUT2D eigenvalue weighted by Gasteiger charge is -2.29. The number of halogens is 2. The van der Waals surface area contributed by atoms with Crippen LogP contribution in [0.4, 0.5) is 4.39 Å². The third-order valence-electron chi connectivity index (χ3n) is 4.56. The molecule has 0 aliphatic heterocycles. The Morgan fingerprint density at radius 1 is 1.10 bits per heavy atom. The van der Waals surface area contributed by atoms with Gasteiger partial charge in [0.2, 0.25) is 11.8 Å². The highest BCUT2D eigenvalue weighted by atomic mass is 79.9. The molecule has 1 atom stereocenters. The smallest absolute Gasteiger partial charge is 0.242 e. The van der Waals surface area contributed by atoms with Crippen LogP contribution in [-0.4, -0.2) is 35.1 Å². The number of rotatable bonds is 10. The Kier molecular flexibility index (Phi) is 9.85. The van der Waals surface area contributed by atoms with Crippen LogP contribution in [-0.2, 0) is 21.9 Å². The number of hydrogen-bond acceptors (Lipinski definition) is 3. The summed E-state index contributed by atoms with van der Waals surface area (Å²) in [6.45, 7) is 6.69. The molecule has 2 aromatic rings. The van der Waals surface area contributed by atoms with E-state index in [9.17, 15) is 14.0 Å². The van der Waals surface area contributed by atoms with E-state index in [0.717, 1.165) is 10.0 Å². The summed E-state index contributed by atoms with van der Waals surface area (Å²) in [5.74, 6) is 0.309.